The van der Waals surface area contributed by atoms with E-state index in [1.807, 2.05) is 60.7 Å². The van der Waals surface area contributed by atoms with Gasteiger partial charge in [0.2, 0.25) is 0 Å². The molecule has 2 heterocycles. The molecule has 0 saturated heterocycles. The summed E-state index contributed by atoms with van der Waals surface area (Å²) in [4.78, 5) is 21.9. The van der Waals surface area contributed by atoms with Crippen LogP contribution in [-0.2, 0) is 0 Å². The van der Waals surface area contributed by atoms with Crippen molar-refractivity contribution in [3.05, 3.63) is 95.8 Å². The maximum absolute atomic E-state index is 13.1. The first kappa shape index (κ1) is 20.4. The first-order valence-corrected chi connectivity index (χ1v) is 10.4. The van der Waals surface area contributed by atoms with E-state index in [0.717, 1.165) is 10.9 Å². The monoisotopic (exact) mass is 436 g/mol. The molecule has 7 nitrogen and oxygen atoms in total. The molecule has 0 fully saturated rings. The summed E-state index contributed by atoms with van der Waals surface area (Å²) in [5.74, 6) is 0.992. The highest BCUT2D eigenvalue weighted by atomic mass is 16.5. The zero-order chi connectivity index (χ0) is 22.8. The lowest BCUT2D eigenvalue weighted by Gasteiger charge is -2.12. The number of rotatable bonds is 5. The molecule has 0 saturated carbocycles. The molecular weight excluding hydrogens is 416 g/mol. The number of hydrogen-bond donors (Lipinski definition) is 1. The summed E-state index contributed by atoms with van der Waals surface area (Å²) in [6.07, 6.45) is 0. The summed E-state index contributed by atoms with van der Waals surface area (Å²) in [6, 6.07) is 24.5. The summed E-state index contributed by atoms with van der Waals surface area (Å²) in [7, 11) is 0. The summed E-state index contributed by atoms with van der Waals surface area (Å²) in [6.45, 7) is 3.61. The molecule has 0 aliphatic carbocycles. The van der Waals surface area contributed by atoms with E-state index in [2.05, 4.69) is 20.4 Å². The van der Waals surface area contributed by atoms with E-state index in [1.54, 1.807) is 32.0 Å². The Labute approximate surface area is 190 Å². The molecule has 0 bridgehead atoms. The minimum absolute atomic E-state index is 0.229. The third-order valence-electron chi connectivity index (χ3n) is 5.22. The number of nitrogens with one attached hydrogen (secondary N) is 1. The number of anilines is 1. The summed E-state index contributed by atoms with van der Waals surface area (Å²) >= 11 is 0. The van der Waals surface area contributed by atoms with Gasteiger partial charge in [-0.2, -0.15) is 9.97 Å². The van der Waals surface area contributed by atoms with Gasteiger partial charge in [-0.1, -0.05) is 53.7 Å². The van der Waals surface area contributed by atoms with Crippen molar-refractivity contribution in [3.63, 3.8) is 0 Å². The van der Waals surface area contributed by atoms with Gasteiger partial charge >= 0.3 is 6.01 Å². The van der Waals surface area contributed by atoms with Crippen molar-refractivity contribution < 1.29 is 14.1 Å². The number of fused-ring (bicyclic) bond motifs is 1. The van der Waals surface area contributed by atoms with Crippen molar-refractivity contribution >= 4 is 22.5 Å². The van der Waals surface area contributed by atoms with Crippen molar-refractivity contribution in [1.29, 1.82) is 0 Å². The Bertz CT molecular complexity index is 1420. The molecule has 0 radical (unpaired) electrons. The number of carbonyl (C=O) groups excluding carboxylic acids is 1. The van der Waals surface area contributed by atoms with E-state index in [4.69, 9.17) is 9.26 Å². The Hall–Kier alpha value is -4.52. The summed E-state index contributed by atoms with van der Waals surface area (Å²) < 4.78 is 11.3. The standard InChI is InChI=1S/C26H20N4O3/c1-16-23(17(2)28-26(27-16)32-20-11-7-4-8-12-20)29-25(31)19-13-14-22-21(15-19)24(33-30-22)18-9-5-3-6-10-18/h3-15H,1-2H3,(H,29,31). The molecule has 5 aromatic rings. The van der Waals surface area contributed by atoms with Crippen LogP contribution in [0.5, 0.6) is 11.8 Å². The minimum Gasteiger partial charge on any atom is -0.424 e. The van der Waals surface area contributed by atoms with Crippen LogP contribution in [0.4, 0.5) is 5.69 Å². The van der Waals surface area contributed by atoms with E-state index < -0.39 is 0 Å². The number of carbonyl (C=O) groups is 1. The quantitative estimate of drug-likeness (QED) is 0.366. The number of nitrogens with zero attached hydrogens (tertiary/aromatic N) is 3. The molecule has 33 heavy (non-hydrogen) atoms. The van der Waals surface area contributed by atoms with E-state index >= 15 is 0 Å². The molecule has 2 aromatic heterocycles. The van der Waals surface area contributed by atoms with Crippen LogP contribution in [0.15, 0.2) is 83.4 Å². The highest BCUT2D eigenvalue weighted by Crippen LogP contribution is 2.30. The van der Waals surface area contributed by atoms with Crippen molar-refractivity contribution in [1.82, 2.24) is 15.1 Å². The van der Waals surface area contributed by atoms with Gasteiger partial charge in [-0.15, -0.1) is 0 Å². The van der Waals surface area contributed by atoms with E-state index in [9.17, 15) is 4.79 Å². The Morgan fingerprint density at radius 2 is 1.55 bits per heavy atom. The van der Waals surface area contributed by atoms with Gasteiger partial charge in [0.15, 0.2) is 5.76 Å². The van der Waals surface area contributed by atoms with Crippen molar-refractivity contribution in [2.75, 3.05) is 5.32 Å². The van der Waals surface area contributed by atoms with Gasteiger partial charge in [0.1, 0.15) is 11.3 Å². The first-order valence-electron chi connectivity index (χ1n) is 10.4. The SMILES string of the molecule is Cc1nc(Oc2ccccc2)nc(C)c1NC(=O)c1ccc2noc(-c3ccccc3)c2c1. The first-order chi connectivity index (χ1) is 16.1. The van der Waals surface area contributed by atoms with E-state index in [1.165, 1.54) is 0 Å². The highest BCUT2D eigenvalue weighted by molar-refractivity contribution is 6.07. The van der Waals surface area contributed by atoms with Gasteiger partial charge in [0.25, 0.3) is 5.91 Å². The summed E-state index contributed by atoms with van der Waals surface area (Å²) in [5, 5.41) is 7.81. The van der Waals surface area contributed by atoms with E-state index in [-0.39, 0.29) is 11.9 Å². The molecule has 5 rings (SSSR count). The van der Waals surface area contributed by atoms with Gasteiger partial charge in [-0.25, -0.2) is 0 Å². The fourth-order valence-electron chi connectivity index (χ4n) is 3.57. The molecule has 3 aromatic carbocycles. The Morgan fingerprint density at radius 3 is 2.24 bits per heavy atom. The molecule has 1 amide bonds. The fraction of sp³-hybridized carbons (Fsp3) is 0.0769. The molecule has 7 heteroatoms. The van der Waals surface area contributed by atoms with Crippen molar-refractivity contribution in [3.8, 4) is 23.1 Å². The highest BCUT2D eigenvalue weighted by Gasteiger charge is 2.17. The lowest BCUT2D eigenvalue weighted by atomic mass is 10.1. The van der Waals surface area contributed by atoms with Gasteiger partial charge in [-0.3, -0.25) is 4.79 Å². The van der Waals surface area contributed by atoms with Crippen molar-refractivity contribution in [2.45, 2.75) is 13.8 Å². The second kappa shape index (κ2) is 8.55. The normalized spacial score (nSPS) is 10.8. The van der Waals surface area contributed by atoms with Gasteiger partial charge in [0, 0.05) is 11.1 Å². The smallest absolute Gasteiger partial charge is 0.322 e. The van der Waals surface area contributed by atoms with Crippen LogP contribution < -0.4 is 10.1 Å². The molecule has 0 aliphatic heterocycles. The molecule has 0 unspecified atom stereocenters. The molecule has 0 atom stereocenters. The van der Waals surface area contributed by atoms with Crippen LogP contribution in [0.2, 0.25) is 0 Å². The Kier molecular flexibility index (Phi) is 5.28. The average Bonchev–Trinajstić information content (AvgIpc) is 3.26. The minimum atomic E-state index is -0.274. The number of aromatic nitrogens is 3. The molecule has 1 N–H and O–H groups in total. The molecule has 0 aliphatic rings. The van der Waals surface area contributed by atoms with Crippen LogP contribution >= 0.6 is 0 Å². The average molecular weight is 436 g/mol. The topological polar surface area (TPSA) is 90.1 Å². The number of ether oxygens (including phenoxy) is 1. The Morgan fingerprint density at radius 1 is 0.879 bits per heavy atom. The third kappa shape index (κ3) is 4.16. The zero-order valence-corrected chi connectivity index (χ0v) is 18.1. The van der Waals surface area contributed by atoms with Crippen LogP contribution in [0.25, 0.3) is 22.2 Å². The maximum atomic E-state index is 13.1. The largest absolute Gasteiger partial charge is 0.424 e. The van der Waals surface area contributed by atoms with Gasteiger partial charge < -0.3 is 14.6 Å². The number of amides is 1. The lowest BCUT2D eigenvalue weighted by molar-refractivity contribution is 0.102. The van der Waals surface area contributed by atoms with Crippen LogP contribution in [0, 0.1) is 13.8 Å². The maximum Gasteiger partial charge on any atom is 0.322 e. The number of hydrogen-bond acceptors (Lipinski definition) is 6. The number of benzene rings is 3. The second-order valence-corrected chi connectivity index (χ2v) is 7.53. The van der Waals surface area contributed by atoms with Crippen LogP contribution in [0.3, 0.4) is 0 Å². The predicted octanol–water partition coefficient (Wildman–Crippen LogP) is 5.95. The number of para-hydroxylation sites is 1. The predicted molar refractivity (Wildman–Crippen MR) is 125 cm³/mol. The Balaban J connectivity index is 1.41. The van der Waals surface area contributed by atoms with Crippen LogP contribution in [0.1, 0.15) is 21.7 Å². The molecule has 162 valence electrons. The van der Waals surface area contributed by atoms with Crippen molar-refractivity contribution in [2.24, 2.45) is 0 Å². The second-order valence-electron chi connectivity index (χ2n) is 7.53. The summed E-state index contributed by atoms with van der Waals surface area (Å²) in [5.41, 5.74) is 3.83. The number of aryl methyl sites for hydroxylation is 2. The van der Waals surface area contributed by atoms with E-state index in [0.29, 0.717) is 39.7 Å². The lowest BCUT2D eigenvalue weighted by Crippen LogP contribution is -2.15. The molecular formula is C26H20N4O3. The zero-order valence-electron chi connectivity index (χ0n) is 18.1. The fourth-order valence-corrected chi connectivity index (χ4v) is 3.57. The molecule has 0 spiro atoms. The van der Waals surface area contributed by atoms with Crippen LogP contribution in [-0.4, -0.2) is 21.0 Å². The third-order valence-corrected chi connectivity index (χ3v) is 5.22. The van der Waals surface area contributed by atoms with Gasteiger partial charge in [0.05, 0.1) is 22.5 Å². The van der Waals surface area contributed by atoms with Gasteiger partial charge in [-0.05, 0) is 44.2 Å².